The van der Waals surface area contributed by atoms with E-state index < -0.39 is 37.1 Å². The number of hydrogen-bond donors (Lipinski definition) is 1. The van der Waals surface area contributed by atoms with Crippen LogP contribution in [-0.4, -0.2) is 31.1 Å². The van der Waals surface area contributed by atoms with Crippen LogP contribution in [0, 0.1) is 0 Å². The molecule has 0 bridgehead atoms. The first-order valence-corrected chi connectivity index (χ1v) is 11.1. The lowest BCUT2D eigenvalue weighted by Gasteiger charge is -2.30. The summed E-state index contributed by atoms with van der Waals surface area (Å²) < 4.78 is 21.9. The van der Waals surface area contributed by atoms with E-state index in [1.165, 1.54) is 14.1 Å². The zero-order valence-electron chi connectivity index (χ0n) is 16.4. The van der Waals surface area contributed by atoms with Crippen LogP contribution >= 0.6 is 7.37 Å². The molecule has 0 spiro atoms. The van der Waals surface area contributed by atoms with Crippen molar-refractivity contribution in [2.24, 2.45) is 14.1 Å². The van der Waals surface area contributed by atoms with Gasteiger partial charge in [-0.25, -0.2) is 28.1 Å². The lowest BCUT2D eigenvalue weighted by Crippen LogP contribution is -2.54. The van der Waals surface area contributed by atoms with Gasteiger partial charge in [0.25, 0.3) is 7.37 Å². The molecule has 10 heteroatoms. The van der Waals surface area contributed by atoms with E-state index in [0.717, 1.165) is 24.8 Å². The maximum Gasteiger partial charge on any atom is 0.336 e. The second-order valence-corrected chi connectivity index (χ2v) is 9.57. The second kappa shape index (κ2) is 7.27. The number of benzene rings is 2. The van der Waals surface area contributed by atoms with Crippen molar-refractivity contribution < 1.29 is 14.2 Å². The third-order valence-electron chi connectivity index (χ3n) is 5.15. The number of para-hydroxylation sites is 1. The predicted molar refractivity (Wildman–Crippen MR) is 112 cm³/mol. The highest BCUT2D eigenvalue weighted by atomic mass is 31.2. The standard InChI is InChI=1S/C20H20N3O6P/c1-21-18(25)22(2)20(27)23(19(21)26)11-13(24)12-30(28)17-10-6-4-8-15(17)14-7-3-5-9-16(14)29-30/h3-10,13,24H,11-12H2,1-2H3. The van der Waals surface area contributed by atoms with Gasteiger partial charge < -0.3 is 9.63 Å². The molecule has 2 heterocycles. The molecule has 2 unspecified atom stereocenters. The third-order valence-corrected chi connectivity index (χ3v) is 7.67. The first-order valence-electron chi connectivity index (χ1n) is 9.25. The van der Waals surface area contributed by atoms with Crippen LogP contribution in [0.3, 0.4) is 0 Å². The number of fused-ring (bicyclic) bond motifs is 3. The monoisotopic (exact) mass is 429 g/mol. The van der Waals surface area contributed by atoms with Gasteiger partial charge in [0.2, 0.25) is 0 Å². The lowest BCUT2D eigenvalue weighted by molar-refractivity contribution is 0.167. The lowest BCUT2D eigenvalue weighted by atomic mass is 10.0. The number of hydrogen-bond acceptors (Lipinski definition) is 6. The number of aliphatic hydroxyl groups is 1. The average Bonchev–Trinajstić information content (AvgIpc) is 2.74. The summed E-state index contributed by atoms with van der Waals surface area (Å²) in [6.07, 6.45) is -1.62. The van der Waals surface area contributed by atoms with E-state index >= 15 is 0 Å². The Kier molecular flexibility index (Phi) is 4.88. The normalized spacial score (nSPS) is 18.2. The minimum Gasteiger partial charge on any atom is -0.439 e. The molecule has 1 aliphatic rings. The van der Waals surface area contributed by atoms with Crippen molar-refractivity contribution in [2.45, 2.75) is 12.6 Å². The topological polar surface area (TPSA) is 113 Å². The molecule has 1 aliphatic heterocycles. The van der Waals surface area contributed by atoms with Crippen LogP contribution in [0.1, 0.15) is 0 Å². The van der Waals surface area contributed by atoms with E-state index in [2.05, 4.69) is 0 Å². The van der Waals surface area contributed by atoms with Gasteiger partial charge in [-0.05, 0) is 17.7 Å². The quantitative estimate of drug-likeness (QED) is 0.596. The minimum atomic E-state index is -3.54. The van der Waals surface area contributed by atoms with Gasteiger partial charge in [0.1, 0.15) is 5.75 Å². The molecule has 1 N–H and O–H groups in total. The van der Waals surface area contributed by atoms with Gasteiger partial charge in [-0.15, -0.1) is 0 Å². The van der Waals surface area contributed by atoms with E-state index in [9.17, 15) is 24.1 Å². The maximum absolute atomic E-state index is 13.8. The van der Waals surface area contributed by atoms with Gasteiger partial charge in [-0.2, -0.15) is 0 Å². The van der Waals surface area contributed by atoms with Crippen LogP contribution in [0.2, 0.25) is 0 Å². The zero-order valence-corrected chi connectivity index (χ0v) is 17.3. The first kappa shape index (κ1) is 20.1. The highest BCUT2D eigenvalue weighted by molar-refractivity contribution is 7.67. The molecule has 0 aliphatic carbocycles. The summed E-state index contributed by atoms with van der Waals surface area (Å²) in [5.74, 6) is 0.446. The SMILES string of the molecule is Cn1c(=O)n(C)c(=O)n(CC(O)CP2(=O)Oc3ccccc3-c3ccccc32)c1=O. The second-order valence-electron chi connectivity index (χ2n) is 7.19. The molecular formula is C20H20N3O6P. The Morgan fingerprint density at radius 2 is 1.47 bits per heavy atom. The Morgan fingerprint density at radius 3 is 2.13 bits per heavy atom. The van der Waals surface area contributed by atoms with Crippen LogP contribution in [0.15, 0.2) is 62.9 Å². The van der Waals surface area contributed by atoms with E-state index in [4.69, 9.17) is 4.52 Å². The summed E-state index contributed by atoms with van der Waals surface area (Å²) in [5, 5.41) is 11.1. The predicted octanol–water partition coefficient (Wildman–Crippen LogP) is 0.270. The summed E-state index contributed by atoms with van der Waals surface area (Å²) in [7, 11) is -1.05. The van der Waals surface area contributed by atoms with Crippen molar-refractivity contribution in [1.29, 1.82) is 0 Å². The Labute approximate surface area is 170 Å². The highest BCUT2D eigenvalue weighted by Gasteiger charge is 2.37. The molecule has 2 aromatic carbocycles. The largest absolute Gasteiger partial charge is 0.439 e. The molecule has 0 saturated heterocycles. The third kappa shape index (κ3) is 3.16. The van der Waals surface area contributed by atoms with Crippen molar-refractivity contribution in [3.05, 3.63) is 80.0 Å². The van der Waals surface area contributed by atoms with Crippen molar-refractivity contribution >= 4 is 12.7 Å². The van der Waals surface area contributed by atoms with Crippen molar-refractivity contribution in [1.82, 2.24) is 13.7 Å². The summed E-state index contributed by atoms with van der Waals surface area (Å²) >= 11 is 0. The Balaban J connectivity index is 1.71. The Morgan fingerprint density at radius 1 is 0.900 bits per heavy atom. The molecule has 2 atom stereocenters. The van der Waals surface area contributed by atoms with Crippen LogP contribution in [0.25, 0.3) is 11.1 Å². The van der Waals surface area contributed by atoms with Gasteiger partial charge >= 0.3 is 17.1 Å². The van der Waals surface area contributed by atoms with E-state index in [-0.39, 0.29) is 6.16 Å². The maximum atomic E-state index is 13.8. The van der Waals surface area contributed by atoms with Gasteiger partial charge in [0, 0.05) is 19.7 Å². The molecular weight excluding hydrogens is 409 g/mol. The summed E-state index contributed by atoms with van der Waals surface area (Å²) in [6.45, 7) is -0.420. The molecule has 0 amide bonds. The zero-order chi connectivity index (χ0) is 21.6. The van der Waals surface area contributed by atoms with E-state index in [1.807, 2.05) is 24.3 Å². The van der Waals surface area contributed by atoms with Crippen LogP contribution in [0.4, 0.5) is 0 Å². The molecule has 30 heavy (non-hydrogen) atoms. The fourth-order valence-electron chi connectivity index (χ4n) is 3.65. The van der Waals surface area contributed by atoms with E-state index in [1.54, 1.807) is 24.3 Å². The first-order chi connectivity index (χ1) is 14.2. The number of aliphatic hydroxyl groups excluding tert-OH is 1. The van der Waals surface area contributed by atoms with Gasteiger partial charge in [0.05, 0.1) is 24.1 Å². The molecule has 4 rings (SSSR count). The fourth-order valence-corrected chi connectivity index (χ4v) is 6.04. The molecule has 3 aromatic rings. The minimum absolute atomic E-state index is 0.295. The van der Waals surface area contributed by atoms with E-state index in [0.29, 0.717) is 11.1 Å². The number of nitrogens with zero attached hydrogens (tertiary/aromatic N) is 3. The molecule has 0 fully saturated rings. The van der Waals surface area contributed by atoms with Crippen molar-refractivity contribution in [2.75, 3.05) is 6.16 Å². The summed E-state index contributed by atoms with van der Waals surface area (Å²) in [6, 6.07) is 14.3. The Hall–Kier alpha value is -3.16. The van der Waals surface area contributed by atoms with Gasteiger partial charge in [0.15, 0.2) is 0 Å². The van der Waals surface area contributed by atoms with Crippen molar-refractivity contribution in [3.63, 3.8) is 0 Å². The number of rotatable bonds is 4. The van der Waals surface area contributed by atoms with Gasteiger partial charge in [-0.3, -0.25) is 4.57 Å². The van der Waals surface area contributed by atoms with Crippen LogP contribution in [0.5, 0.6) is 5.75 Å². The highest BCUT2D eigenvalue weighted by Crippen LogP contribution is 2.54. The van der Waals surface area contributed by atoms with Gasteiger partial charge in [-0.1, -0.05) is 36.4 Å². The van der Waals surface area contributed by atoms with Crippen LogP contribution in [-0.2, 0) is 25.2 Å². The molecule has 9 nitrogen and oxygen atoms in total. The molecule has 0 saturated carbocycles. The molecule has 156 valence electrons. The van der Waals surface area contributed by atoms with Crippen LogP contribution < -0.4 is 26.9 Å². The fraction of sp³-hybridized carbons (Fsp3) is 0.250. The number of aromatic nitrogens is 3. The van der Waals surface area contributed by atoms with Crippen molar-refractivity contribution in [3.8, 4) is 16.9 Å². The molecule has 0 radical (unpaired) electrons. The summed E-state index contributed by atoms with van der Waals surface area (Å²) in [4.78, 5) is 36.5. The smallest absolute Gasteiger partial charge is 0.336 e. The summed E-state index contributed by atoms with van der Waals surface area (Å²) in [5.41, 5.74) is -0.904. The molecule has 1 aromatic heterocycles. The Bertz CT molecular complexity index is 1330. The average molecular weight is 429 g/mol.